The number of carbonyl (C=O) groups excluding carboxylic acids is 13. The number of carbonyl (C=O) groups is 13. The molecule has 720 valence electrons. The zero-order valence-corrected chi connectivity index (χ0v) is 76.5. The van der Waals surface area contributed by atoms with Gasteiger partial charge in [0, 0.05) is 88.2 Å². The Bertz CT molecular complexity index is 4560. The van der Waals surface area contributed by atoms with Crippen molar-refractivity contribution in [3.05, 3.63) is 102 Å². The minimum atomic E-state index is -1.77. The fraction of sp³-hybridized carbons (Fsp3) is 0.642. The van der Waals surface area contributed by atoms with E-state index >= 15 is 14.4 Å². The summed E-state index contributed by atoms with van der Waals surface area (Å²) in [4.78, 5) is 189. The van der Waals surface area contributed by atoms with E-state index in [-0.39, 0.29) is 157 Å². The first-order valence-corrected chi connectivity index (χ1v) is 47.0. The van der Waals surface area contributed by atoms with Crippen molar-refractivity contribution in [3.8, 4) is 5.75 Å². The molecule has 3 heterocycles. The summed E-state index contributed by atoms with van der Waals surface area (Å²) in [5.41, 5.74) is 14.6. The molecule has 12 amide bonds. The molecule has 36 heteroatoms. The second-order valence-corrected chi connectivity index (χ2v) is 37.7. The number of unbranched alkanes of at least 4 members (excludes halogenated alkanes) is 1. The lowest BCUT2D eigenvalue weighted by molar-refractivity contribution is -0.171. The van der Waals surface area contributed by atoms with E-state index in [0.717, 1.165) is 47.4 Å². The average Bonchev–Trinajstić information content (AvgIpc) is 1.68. The van der Waals surface area contributed by atoms with Gasteiger partial charge in [-0.15, -0.1) is 0 Å². The number of fused-ring (bicyclic) bond motifs is 7. The molecule has 10 rings (SSSR count). The number of rotatable bonds is 37. The number of primary amides is 1. The molecule has 22 N–H and O–H groups in total. The molecular weight excluding hydrogens is 1680 g/mol. The highest BCUT2D eigenvalue weighted by atomic mass is 16.5. The van der Waals surface area contributed by atoms with E-state index in [9.17, 15) is 68.4 Å². The van der Waals surface area contributed by atoms with Crippen molar-refractivity contribution < 1.29 is 92.2 Å². The van der Waals surface area contributed by atoms with E-state index in [2.05, 4.69) is 96.5 Å². The average molecular weight is 1830 g/mol. The Morgan fingerprint density at radius 1 is 0.634 bits per heavy atom. The van der Waals surface area contributed by atoms with Crippen molar-refractivity contribution in [3.63, 3.8) is 0 Å². The molecule has 6 aliphatic rings. The molecule has 36 nitrogen and oxygen atoms in total. The van der Waals surface area contributed by atoms with E-state index in [1.54, 1.807) is 49.5 Å². The largest absolute Gasteiger partial charge is 0.508 e. The van der Waals surface area contributed by atoms with Gasteiger partial charge in [-0.05, 0) is 196 Å². The number of ether oxygens (including phenoxy) is 2. The lowest BCUT2D eigenvalue weighted by Crippen LogP contribution is -2.61. The number of phenols is 1. The molecule has 3 aromatic carbocycles. The summed E-state index contributed by atoms with van der Waals surface area (Å²) in [5.74, 6) is -7.27. The highest BCUT2D eigenvalue weighted by Gasteiger charge is 2.64. The number of amides is 12. The molecule has 2 saturated heterocycles. The molecular formula is C95H141N17O19. The van der Waals surface area contributed by atoms with Crippen LogP contribution in [0.2, 0.25) is 0 Å². The molecule has 0 radical (unpaired) electrons. The Balaban J connectivity index is 0.732. The van der Waals surface area contributed by atoms with Crippen LogP contribution < -0.4 is 75.3 Å². The van der Waals surface area contributed by atoms with E-state index in [4.69, 9.17) is 26.4 Å². The number of aromatic hydroxyl groups is 1. The highest BCUT2D eigenvalue weighted by Crippen LogP contribution is 2.71. The number of hydrogen-bond acceptors (Lipinski definition) is 21. The number of aliphatic hydroxyl groups is 3. The monoisotopic (exact) mass is 1820 g/mol. The molecule has 2 aliphatic heterocycles. The maximum absolute atomic E-state index is 15.3. The van der Waals surface area contributed by atoms with Crippen molar-refractivity contribution in [1.82, 2.24) is 73.7 Å². The number of nitrogens with two attached hydrogens (primary N) is 2. The molecule has 4 unspecified atom stereocenters. The lowest BCUT2D eigenvalue weighted by atomic mass is 9.40. The minimum absolute atomic E-state index is 0.0193. The number of phenolic OH excluding ortho intramolecular Hbond substituents is 1. The summed E-state index contributed by atoms with van der Waals surface area (Å²) in [6.07, 6.45) is 11.2. The number of ketones is 1. The smallest absolute Gasteiger partial charge is 0.246 e. The van der Waals surface area contributed by atoms with Gasteiger partial charge in [0.05, 0.1) is 45.2 Å². The summed E-state index contributed by atoms with van der Waals surface area (Å²) < 4.78 is 11.2. The van der Waals surface area contributed by atoms with Gasteiger partial charge in [0.15, 0.2) is 5.96 Å². The van der Waals surface area contributed by atoms with Gasteiger partial charge in [0.2, 0.25) is 70.9 Å². The van der Waals surface area contributed by atoms with Crippen LogP contribution >= 0.6 is 0 Å². The quantitative estimate of drug-likeness (QED) is 0.0175. The minimum Gasteiger partial charge on any atom is -0.508 e. The van der Waals surface area contributed by atoms with Crippen LogP contribution in [0.15, 0.2) is 85.1 Å². The summed E-state index contributed by atoms with van der Waals surface area (Å²) in [6.45, 7) is 10.4. The molecule has 131 heavy (non-hydrogen) atoms. The molecule has 0 bridgehead atoms. The van der Waals surface area contributed by atoms with Crippen molar-refractivity contribution in [2.24, 2.45) is 57.3 Å². The third-order valence-electron chi connectivity index (χ3n) is 28.6. The van der Waals surface area contributed by atoms with Crippen LogP contribution in [0.25, 0.3) is 10.9 Å². The molecule has 4 aromatic rings. The van der Waals surface area contributed by atoms with E-state index in [1.165, 1.54) is 62.8 Å². The maximum Gasteiger partial charge on any atom is 0.246 e. The highest BCUT2D eigenvalue weighted by molar-refractivity contribution is 6.00. The van der Waals surface area contributed by atoms with Gasteiger partial charge in [-0.3, -0.25) is 67.7 Å². The van der Waals surface area contributed by atoms with Gasteiger partial charge >= 0.3 is 0 Å². The van der Waals surface area contributed by atoms with Crippen molar-refractivity contribution in [2.45, 2.75) is 268 Å². The Labute approximate surface area is 766 Å². The Kier molecular flexibility index (Phi) is 38.5. The number of nitrogens with one attached hydrogen (secondary N) is 14. The normalized spacial score (nSPS) is 27.5. The number of hydrogen-bond donors (Lipinski definition) is 20. The van der Waals surface area contributed by atoms with Gasteiger partial charge in [-0.25, -0.2) is 0 Å². The number of para-hydroxylation sites is 1. The number of aromatic amines is 1. The third-order valence-corrected chi connectivity index (χ3v) is 28.6. The summed E-state index contributed by atoms with van der Waals surface area (Å²) in [6, 6.07) is 8.05. The number of aromatic nitrogens is 1. The standard InChI is InChI=1S/C95H141N17O19/c1-6-7-19-72(107-89(127)78(55-113)111-86(124)75(48-59-24-26-61(114)27-25-59)104-81(119)36-42-100-82(120)56-131-46-45-130-44-43-101-80(118)32-23-57(2)67-29-30-68-66-34-37-93(3)51-62(115)33-39-95(93,5)69(66)35-38-94(67,68)4)84(122)108-74-31-28-63(116)53-99-40-14-13-21-71(83(96)121)105-88(126)77(49-60-52-103-70-20-12-11-18-65(60)70)109-85(123)73(22-15-41-102-92(97)98)106-87(125)76(47-58-16-9-8-10-17-58)110-90(128)79-50-64(117)54-112(79)91(74)129/h8-12,16-18,20,24-27,52,57,62,64,66-69,71-79,99,103,113-115,117H,6-7,13-15,19,21-23,28-51,53-56H2,1-5H3,(H2,96,121)(H,100,120)(H,101,118)(H,104,119)(H,105,126)(H,106,125)(H,107,127)(H,108,122)(H,109,123)(H,110,128)(H,111,124)(H4,97,98,102)/t57?,62?,64-,66?,67-,68+,69+,71+,72+,73+,74+,75?,76-,77+,78+,79+,93-,94-,95-/m1/s1. The zero-order valence-electron chi connectivity index (χ0n) is 76.5. The van der Waals surface area contributed by atoms with E-state index in [0.29, 0.717) is 79.0 Å². The molecule has 4 aliphatic carbocycles. The van der Waals surface area contributed by atoms with Crippen molar-refractivity contribution in [1.29, 1.82) is 5.41 Å². The van der Waals surface area contributed by atoms with Crippen LogP contribution in [0.5, 0.6) is 5.75 Å². The van der Waals surface area contributed by atoms with Crippen LogP contribution in [0.4, 0.5) is 0 Å². The van der Waals surface area contributed by atoms with Crippen LogP contribution in [-0.2, 0) is 91.1 Å². The molecule has 1 aromatic heterocycles. The van der Waals surface area contributed by atoms with Crippen LogP contribution in [-0.4, -0.2) is 252 Å². The SMILES string of the molecule is CCCC[C@H](NC(=O)[C@H](CO)NC(=O)C(Cc1ccc(O)cc1)NC(=O)CCNC(=O)COCCOCCNC(=O)CCC(C)[C@H]1CC[C@H]2C3CC[C@]4(C)CC(O)CC[C@]4(C)[C@H]3CC[C@]12C)C(=O)N[C@H]1CCC(=O)CNCCCC[C@@H](C(N)=O)NC(=O)[C@H](Cc2c[nH]c3ccccc23)NC(=O)[C@H](CCCNC(=N)N)NC(=O)[C@@H](Cc2ccccc2)NC(=O)[C@@H]2C[C@@H](O)CN2C1=O. The zero-order chi connectivity index (χ0) is 94.5. The predicted molar refractivity (Wildman–Crippen MR) is 488 cm³/mol. The summed E-state index contributed by atoms with van der Waals surface area (Å²) in [7, 11) is 0. The van der Waals surface area contributed by atoms with Gasteiger partial charge < -0.3 is 115 Å². The predicted octanol–water partition coefficient (Wildman–Crippen LogP) is 2.28. The fourth-order valence-electron chi connectivity index (χ4n) is 21.2. The number of aliphatic hydroxyl groups excluding tert-OH is 3. The number of Topliss-reactive ketones (excluding diaryl/α,β-unsaturated/α-hetero) is 1. The summed E-state index contributed by atoms with van der Waals surface area (Å²) in [5, 5.41) is 84.1. The van der Waals surface area contributed by atoms with Crippen molar-refractivity contribution >= 4 is 93.5 Å². The van der Waals surface area contributed by atoms with Crippen LogP contribution in [0.1, 0.15) is 199 Å². The van der Waals surface area contributed by atoms with Crippen LogP contribution in [0.3, 0.4) is 0 Å². The number of nitrogens with zero attached hydrogens (tertiary/aromatic N) is 1. The van der Waals surface area contributed by atoms with Crippen LogP contribution in [0, 0.1) is 51.2 Å². The molecule has 0 spiro atoms. The Morgan fingerprint density at radius 2 is 1.33 bits per heavy atom. The molecule has 19 atom stereocenters. The maximum atomic E-state index is 15.3. The van der Waals surface area contributed by atoms with Gasteiger partial charge in [0.25, 0.3) is 0 Å². The molecule has 4 saturated carbocycles. The van der Waals surface area contributed by atoms with E-state index < -0.39 is 151 Å². The first-order valence-electron chi connectivity index (χ1n) is 47.0. The van der Waals surface area contributed by atoms with Gasteiger partial charge in [-0.2, -0.15) is 0 Å². The van der Waals surface area contributed by atoms with Gasteiger partial charge in [-0.1, -0.05) is 108 Å². The van der Waals surface area contributed by atoms with Gasteiger partial charge in [0.1, 0.15) is 72.5 Å². The number of benzene rings is 3. The number of guanidine groups is 1. The number of H-pyrrole nitrogens is 1. The van der Waals surface area contributed by atoms with Crippen molar-refractivity contribution in [2.75, 3.05) is 72.3 Å². The Hall–Kier alpha value is -10.7. The Morgan fingerprint density at radius 3 is 2.08 bits per heavy atom. The first kappa shape index (κ1) is 102. The first-order chi connectivity index (χ1) is 62.7. The fourth-order valence-corrected chi connectivity index (χ4v) is 21.2. The third kappa shape index (κ3) is 28.7. The summed E-state index contributed by atoms with van der Waals surface area (Å²) >= 11 is 0. The topological polar surface area (TPSA) is 561 Å². The van der Waals surface area contributed by atoms with E-state index in [1.807, 2.05) is 18.2 Å². The lowest BCUT2D eigenvalue weighted by Gasteiger charge is -2.65. The second-order valence-electron chi connectivity index (χ2n) is 37.7. The molecule has 6 fully saturated rings. The second kappa shape index (κ2) is 49.2.